The van der Waals surface area contributed by atoms with Crippen molar-refractivity contribution in [2.24, 2.45) is 0 Å². The average molecular weight is 366 g/mol. The van der Waals surface area contributed by atoms with E-state index in [0.29, 0.717) is 21.7 Å². The van der Waals surface area contributed by atoms with Gasteiger partial charge in [-0.2, -0.15) is 4.37 Å². The van der Waals surface area contributed by atoms with Gasteiger partial charge in [0.1, 0.15) is 10.8 Å². The van der Waals surface area contributed by atoms with Crippen LogP contribution in [0.3, 0.4) is 0 Å². The number of rotatable bonds is 5. The molecular formula is C14H12ClN5OS2. The maximum Gasteiger partial charge on any atom is 0.231 e. The molecule has 0 fully saturated rings. The van der Waals surface area contributed by atoms with Crippen LogP contribution in [0.5, 0.6) is 0 Å². The summed E-state index contributed by atoms with van der Waals surface area (Å²) in [5.74, 6) is 0.537. The monoisotopic (exact) mass is 365 g/mol. The minimum Gasteiger partial charge on any atom is -0.316 e. The van der Waals surface area contributed by atoms with Gasteiger partial charge in [0.25, 0.3) is 0 Å². The van der Waals surface area contributed by atoms with E-state index in [-0.39, 0.29) is 12.3 Å². The van der Waals surface area contributed by atoms with E-state index < -0.39 is 0 Å². The number of nitrogens with one attached hydrogen (secondary N) is 2. The van der Waals surface area contributed by atoms with Crippen molar-refractivity contribution in [1.29, 1.82) is 0 Å². The Bertz CT molecular complexity index is 815. The zero-order valence-electron chi connectivity index (χ0n) is 12.0. The molecule has 6 nitrogen and oxygen atoms in total. The third kappa shape index (κ3) is 4.47. The molecular weight excluding hydrogens is 354 g/mol. The predicted molar refractivity (Wildman–Crippen MR) is 93.8 cm³/mol. The number of carbonyl (C=O) groups excluding carboxylic acids is 1. The Morgan fingerprint density at radius 1 is 1.39 bits per heavy atom. The smallest absolute Gasteiger partial charge is 0.231 e. The van der Waals surface area contributed by atoms with Crippen LogP contribution in [0.1, 0.15) is 11.4 Å². The Hall–Kier alpha value is -2.03. The third-order valence-electron chi connectivity index (χ3n) is 2.75. The Morgan fingerprint density at radius 3 is 2.96 bits per heavy atom. The molecule has 118 valence electrons. The van der Waals surface area contributed by atoms with Crippen LogP contribution < -0.4 is 10.6 Å². The number of pyridine rings is 1. The normalized spacial score (nSPS) is 10.5. The molecule has 0 radical (unpaired) electrons. The van der Waals surface area contributed by atoms with E-state index >= 15 is 0 Å². The lowest BCUT2D eigenvalue weighted by Crippen LogP contribution is -2.13. The highest BCUT2D eigenvalue weighted by Gasteiger charge is 2.10. The molecule has 0 bridgehead atoms. The molecule has 9 heteroatoms. The molecule has 0 aliphatic rings. The van der Waals surface area contributed by atoms with Crippen molar-refractivity contribution < 1.29 is 4.79 Å². The summed E-state index contributed by atoms with van der Waals surface area (Å²) < 4.78 is 4.12. The Balaban J connectivity index is 1.58. The first kappa shape index (κ1) is 15.9. The molecule has 0 spiro atoms. The summed E-state index contributed by atoms with van der Waals surface area (Å²) in [6, 6.07) is 5.35. The second kappa shape index (κ2) is 7.03. The number of halogens is 1. The van der Waals surface area contributed by atoms with Gasteiger partial charge >= 0.3 is 0 Å². The highest BCUT2D eigenvalue weighted by Crippen LogP contribution is 2.21. The first-order valence-electron chi connectivity index (χ1n) is 6.64. The highest BCUT2D eigenvalue weighted by molar-refractivity contribution is 7.13. The highest BCUT2D eigenvalue weighted by atomic mass is 35.5. The summed E-state index contributed by atoms with van der Waals surface area (Å²) in [6.07, 6.45) is 1.77. The van der Waals surface area contributed by atoms with Crippen LogP contribution in [0.25, 0.3) is 0 Å². The van der Waals surface area contributed by atoms with Crippen molar-refractivity contribution in [1.82, 2.24) is 14.3 Å². The molecule has 0 aliphatic heterocycles. The number of anilines is 3. The number of hydrogen-bond donors (Lipinski definition) is 2. The molecule has 0 atom stereocenters. The van der Waals surface area contributed by atoms with Crippen LogP contribution in [0.4, 0.5) is 16.0 Å². The van der Waals surface area contributed by atoms with Gasteiger partial charge in [0.2, 0.25) is 5.91 Å². The van der Waals surface area contributed by atoms with Crippen LogP contribution in [-0.4, -0.2) is 20.2 Å². The maximum absolute atomic E-state index is 12.0. The summed E-state index contributed by atoms with van der Waals surface area (Å²) in [5, 5.41) is 9.72. The minimum absolute atomic E-state index is 0.116. The van der Waals surface area contributed by atoms with Gasteiger partial charge in [-0.3, -0.25) is 4.79 Å². The van der Waals surface area contributed by atoms with Crippen LogP contribution in [0, 0.1) is 6.92 Å². The van der Waals surface area contributed by atoms with Gasteiger partial charge in [-0.25, -0.2) is 9.97 Å². The maximum atomic E-state index is 12.0. The van der Waals surface area contributed by atoms with Crippen molar-refractivity contribution in [2.45, 2.75) is 13.3 Å². The quantitative estimate of drug-likeness (QED) is 0.717. The summed E-state index contributed by atoms with van der Waals surface area (Å²) >= 11 is 8.47. The van der Waals surface area contributed by atoms with Gasteiger partial charge in [0.05, 0.1) is 22.8 Å². The number of nitrogens with zero attached hydrogens (tertiary/aromatic N) is 3. The summed E-state index contributed by atoms with van der Waals surface area (Å²) in [4.78, 5) is 20.5. The van der Waals surface area contributed by atoms with Gasteiger partial charge in [-0.05, 0) is 36.7 Å². The molecule has 0 saturated carbocycles. The van der Waals surface area contributed by atoms with Gasteiger partial charge < -0.3 is 10.6 Å². The van der Waals surface area contributed by atoms with Crippen molar-refractivity contribution in [3.05, 3.63) is 46.2 Å². The number of thiazole rings is 1. The van der Waals surface area contributed by atoms with Gasteiger partial charge in [0, 0.05) is 11.6 Å². The Kier molecular flexibility index (Phi) is 4.85. The Labute approximate surface area is 145 Å². The number of amides is 1. The number of carbonyl (C=O) groups is 1. The van der Waals surface area contributed by atoms with E-state index in [2.05, 4.69) is 25.0 Å². The van der Waals surface area contributed by atoms with Crippen LogP contribution in [0.2, 0.25) is 5.02 Å². The largest absolute Gasteiger partial charge is 0.316 e. The topological polar surface area (TPSA) is 79.8 Å². The van der Waals surface area contributed by atoms with Crippen molar-refractivity contribution in [2.75, 3.05) is 10.6 Å². The van der Waals surface area contributed by atoms with Crippen molar-refractivity contribution in [3.8, 4) is 0 Å². The van der Waals surface area contributed by atoms with Crippen LogP contribution >= 0.6 is 34.5 Å². The lowest BCUT2D eigenvalue weighted by atomic mass is 10.3. The molecule has 0 unspecified atom stereocenters. The van der Waals surface area contributed by atoms with E-state index in [1.807, 2.05) is 18.4 Å². The molecule has 23 heavy (non-hydrogen) atoms. The fourth-order valence-corrected chi connectivity index (χ4v) is 3.28. The lowest BCUT2D eigenvalue weighted by Gasteiger charge is -2.01. The molecule has 3 heterocycles. The van der Waals surface area contributed by atoms with Gasteiger partial charge in [0.15, 0.2) is 5.13 Å². The first-order valence-corrected chi connectivity index (χ1v) is 8.68. The predicted octanol–water partition coefficient (Wildman–Crippen LogP) is 3.88. The fourth-order valence-electron chi connectivity index (χ4n) is 1.77. The molecule has 3 aromatic heterocycles. The van der Waals surface area contributed by atoms with Crippen molar-refractivity contribution >= 4 is 56.3 Å². The SMILES string of the molecule is Cc1cc(NC(=O)Cc2csc(Nc3ccc(Cl)cn3)n2)sn1. The van der Waals surface area contributed by atoms with E-state index in [9.17, 15) is 4.79 Å². The number of aryl methyl sites for hydroxylation is 1. The summed E-state index contributed by atoms with van der Waals surface area (Å²) in [6.45, 7) is 1.88. The molecule has 0 saturated heterocycles. The molecule has 0 aliphatic carbocycles. The molecule has 1 amide bonds. The Morgan fingerprint density at radius 2 is 2.26 bits per heavy atom. The first-order chi connectivity index (χ1) is 11.1. The summed E-state index contributed by atoms with van der Waals surface area (Å²) in [5.41, 5.74) is 1.59. The van der Waals surface area contributed by atoms with Crippen LogP contribution in [-0.2, 0) is 11.2 Å². The zero-order chi connectivity index (χ0) is 16.2. The molecule has 3 aromatic rings. The van der Waals surface area contributed by atoms with E-state index in [4.69, 9.17) is 11.6 Å². The minimum atomic E-state index is -0.116. The number of aromatic nitrogens is 3. The lowest BCUT2D eigenvalue weighted by molar-refractivity contribution is -0.115. The average Bonchev–Trinajstić information content (AvgIpc) is 3.11. The van der Waals surface area contributed by atoms with Crippen molar-refractivity contribution in [3.63, 3.8) is 0 Å². The number of hydrogen-bond acceptors (Lipinski definition) is 7. The fraction of sp³-hybridized carbons (Fsp3) is 0.143. The van der Waals surface area contributed by atoms with Gasteiger partial charge in [-0.15, -0.1) is 11.3 Å². The van der Waals surface area contributed by atoms with E-state index in [1.54, 1.807) is 18.3 Å². The molecule has 0 aromatic carbocycles. The molecule has 2 N–H and O–H groups in total. The van der Waals surface area contributed by atoms with Gasteiger partial charge in [-0.1, -0.05) is 11.6 Å². The van der Waals surface area contributed by atoms with E-state index in [0.717, 1.165) is 10.7 Å². The third-order valence-corrected chi connectivity index (χ3v) is 4.57. The standard InChI is InChI=1S/C14H12ClN5OS2/c1-8-4-13(23-20-8)19-12(21)5-10-7-22-14(17-10)18-11-3-2-9(15)6-16-11/h2-4,6-7H,5H2,1H3,(H,19,21)(H,16,17,18). The zero-order valence-corrected chi connectivity index (χ0v) is 14.4. The second-order valence-corrected chi connectivity index (χ2v) is 6.79. The summed E-state index contributed by atoms with van der Waals surface area (Å²) in [7, 11) is 0. The molecule has 3 rings (SSSR count). The second-order valence-electron chi connectivity index (χ2n) is 4.69. The van der Waals surface area contributed by atoms with E-state index in [1.165, 1.54) is 22.9 Å². The van der Waals surface area contributed by atoms with Crippen LogP contribution in [0.15, 0.2) is 29.8 Å².